The summed E-state index contributed by atoms with van der Waals surface area (Å²) < 4.78 is 0. The number of nitrogens with zero attached hydrogens (tertiary/aromatic N) is 1. The fourth-order valence-corrected chi connectivity index (χ4v) is 1.30. The molecule has 0 saturated heterocycles. The Morgan fingerprint density at radius 2 is 2.36 bits per heavy atom. The Bertz CT molecular complexity index is 159. The van der Waals surface area contributed by atoms with E-state index in [4.69, 9.17) is 5.11 Å². The summed E-state index contributed by atoms with van der Waals surface area (Å²) in [4.78, 5) is 12.2. The molecule has 1 amide bonds. The fourth-order valence-electron chi connectivity index (χ4n) is 1.30. The van der Waals surface area contributed by atoms with Gasteiger partial charge in [-0.05, 0) is 26.4 Å². The molecule has 0 unspecified atom stereocenters. The van der Waals surface area contributed by atoms with Gasteiger partial charge in [0.25, 0.3) is 0 Å². The lowest BCUT2D eigenvalue weighted by atomic mass is 10.4. The third-order valence-corrected chi connectivity index (χ3v) is 2.06. The number of hydrogen-bond acceptors (Lipinski definition) is 2. The second-order valence-corrected chi connectivity index (χ2v) is 3.21. The molecule has 1 rings (SSSR count). The summed E-state index contributed by atoms with van der Waals surface area (Å²) in [6, 6.07) is 0.585. The van der Waals surface area contributed by atoms with Gasteiger partial charge in [-0.1, -0.05) is 0 Å². The van der Waals surface area contributed by atoms with E-state index < -0.39 is 6.09 Å². The Labute approximate surface area is 66.2 Å². The first kappa shape index (κ1) is 8.33. The van der Waals surface area contributed by atoms with Gasteiger partial charge in [0.15, 0.2) is 0 Å². The molecular formula is C7H14N2O2. The molecule has 0 bridgehead atoms. The molecule has 1 aliphatic rings. The molecular weight excluding hydrogens is 144 g/mol. The first-order valence-electron chi connectivity index (χ1n) is 3.74. The monoisotopic (exact) mass is 158 g/mol. The zero-order chi connectivity index (χ0) is 8.43. The van der Waals surface area contributed by atoms with Crippen LogP contribution in [0.2, 0.25) is 0 Å². The minimum atomic E-state index is -0.922. The number of nitrogens with one attached hydrogen (secondary N) is 1. The van der Waals surface area contributed by atoms with Crippen LogP contribution in [0.5, 0.6) is 0 Å². The molecule has 2 N–H and O–H groups in total. The van der Waals surface area contributed by atoms with Gasteiger partial charge in [0.05, 0.1) is 0 Å². The largest absolute Gasteiger partial charge is 0.465 e. The minimum Gasteiger partial charge on any atom is -0.465 e. The van der Waals surface area contributed by atoms with Crippen LogP contribution in [0.4, 0.5) is 4.79 Å². The van der Waals surface area contributed by atoms with Crippen molar-refractivity contribution in [2.45, 2.75) is 12.5 Å². The van der Waals surface area contributed by atoms with Crippen LogP contribution in [0.25, 0.3) is 0 Å². The summed E-state index contributed by atoms with van der Waals surface area (Å²) in [5, 5.41) is 10.7. The van der Waals surface area contributed by atoms with Crippen LogP contribution >= 0.6 is 0 Å². The second-order valence-electron chi connectivity index (χ2n) is 3.21. The normalized spacial score (nSPS) is 28.6. The Morgan fingerprint density at radius 1 is 1.73 bits per heavy atom. The van der Waals surface area contributed by atoms with Crippen LogP contribution in [-0.4, -0.2) is 42.8 Å². The highest BCUT2D eigenvalue weighted by atomic mass is 16.4. The van der Waals surface area contributed by atoms with Gasteiger partial charge in [-0.2, -0.15) is 0 Å². The molecule has 1 aliphatic carbocycles. The van der Waals surface area contributed by atoms with E-state index in [-0.39, 0.29) is 0 Å². The SMILES string of the molecule is CN(C)[C@@H]1C[C@H]1CNC(=O)O. The maximum Gasteiger partial charge on any atom is 0.404 e. The Morgan fingerprint density at radius 3 is 2.73 bits per heavy atom. The molecule has 4 nitrogen and oxygen atoms in total. The van der Waals surface area contributed by atoms with Crippen LogP contribution in [0, 0.1) is 5.92 Å². The lowest BCUT2D eigenvalue weighted by Gasteiger charge is -2.07. The van der Waals surface area contributed by atoms with E-state index in [1.54, 1.807) is 0 Å². The zero-order valence-electron chi connectivity index (χ0n) is 6.87. The van der Waals surface area contributed by atoms with E-state index in [1.165, 1.54) is 0 Å². The van der Waals surface area contributed by atoms with E-state index in [1.807, 2.05) is 14.1 Å². The Hall–Kier alpha value is -0.770. The van der Waals surface area contributed by atoms with Crippen LogP contribution in [0.15, 0.2) is 0 Å². The van der Waals surface area contributed by atoms with Gasteiger partial charge in [0.1, 0.15) is 0 Å². The first-order valence-corrected chi connectivity index (χ1v) is 3.74. The van der Waals surface area contributed by atoms with Crippen molar-refractivity contribution in [2.24, 2.45) is 5.92 Å². The van der Waals surface area contributed by atoms with Gasteiger partial charge in [-0.25, -0.2) is 4.79 Å². The van der Waals surface area contributed by atoms with Gasteiger partial charge < -0.3 is 15.3 Å². The Balaban J connectivity index is 2.09. The molecule has 0 heterocycles. The lowest BCUT2D eigenvalue weighted by molar-refractivity contribution is 0.193. The van der Waals surface area contributed by atoms with Gasteiger partial charge in [0.2, 0.25) is 0 Å². The maximum absolute atomic E-state index is 10.1. The molecule has 64 valence electrons. The Kier molecular flexibility index (Phi) is 2.34. The van der Waals surface area contributed by atoms with Crippen molar-refractivity contribution in [2.75, 3.05) is 20.6 Å². The molecule has 0 spiro atoms. The molecule has 4 heteroatoms. The smallest absolute Gasteiger partial charge is 0.404 e. The number of amides is 1. The van der Waals surface area contributed by atoms with Crippen molar-refractivity contribution in [3.05, 3.63) is 0 Å². The number of carboxylic acid groups (broad SMARTS) is 1. The van der Waals surface area contributed by atoms with Gasteiger partial charge in [-0.15, -0.1) is 0 Å². The van der Waals surface area contributed by atoms with Gasteiger partial charge in [-0.3, -0.25) is 0 Å². The van der Waals surface area contributed by atoms with E-state index in [0.717, 1.165) is 6.42 Å². The van der Waals surface area contributed by atoms with Crippen LogP contribution in [0.3, 0.4) is 0 Å². The molecule has 1 fully saturated rings. The minimum absolute atomic E-state index is 0.529. The van der Waals surface area contributed by atoms with E-state index in [2.05, 4.69) is 10.2 Å². The second kappa shape index (κ2) is 3.09. The average Bonchev–Trinajstić information content (AvgIpc) is 2.61. The van der Waals surface area contributed by atoms with Crippen molar-refractivity contribution in [3.8, 4) is 0 Å². The average molecular weight is 158 g/mol. The van der Waals surface area contributed by atoms with Crippen molar-refractivity contribution < 1.29 is 9.90 Å². The van der Waals surface area contributed by atoms with Crippen molar-refractivity contribution in [3.63, 3.8) is 0 Å². The molecule has 0 radical (unpaired) electrons. The highest BCUT2D eigenvalue weighted by Gasteiger charge is 2.38. The summed E-state index contributed by atoms with van der Waals surface area (Å²) in [7, 11) is 4.04. The summed E-state index contributed by atoms with van der Waals surface area (Å²) in [5.41, 5.74) is 0. The highest BCUT2D eigenvalue weighted by molar-refractivity contribution is 5.64. The first-order chi connectivity index (χ1) is 5.11. The van der Waals surface area contributed by atoms with E-state index in [9.17, 15) is 4.79 Å². The predicted octanol–water partition coefficient (Wildman–Crippen LogP) is 0.204. The third kappa shape index (κ3) is 2.38. The molecule has 2 atom stereocenters. The molecule has 0 aliphatic heterocycles. The molecule has 1 saturated carbocycles. The standard InChI is InChI=1S/C7H14N2O2/c1-9(2)6-3-5(6)4-8-7(10)11/h5-6,8H,3-4H2,1-2H3,(H,10,11)/t5-,6+/m0/s1. The van der Waals surface area contributed by atoms with Crippen LogP contribution in [-0.2, 0) is 0 Å². The lowest BCUT2D eigenvalue weighted by Crippen LogP contribution is -2.26. The van der Waals surface area contributed by atoms with Gasteiger partial charge in [0, 0.05) is 12.6 Å². The molecule has 0 aromatic heterocycles. The summed E-state index contributed by atoms with van der Waals surface area (Å²) in [6.45, 7) is 0.595. The number of carbonyl (C=O) groups is 1. The fraction of sp³-hybridized carbons (Fsp3) is 0.857. The quantitative estimate of drug-likeness (QED) is 0.617. The summed E-state index contributed by atoms with van der Waals surface area (Å²) in [5.74, 6) is 0.529. The van der Waals surface area contributed by atoms with E-state index in [0.29, 0.717) is 18.5 Å². The summed E-state index contributed by atoms with van der Waals surface area (Å²) in [6.07, 6.45) is 0.196. The topological polar surface area (TPSA) is 52.6 Å². The highest BCUT2D eigenvalue weighted by Crippen LogP contribution is 2.33. The molecule has 0 aromatic carbocycles. The zero-order valence-corrected chi connectivity index (χ0v) is 6.87. The van der Waals surface area contributed by atoms with Crippen LogP contribution < -0.4 is 5.32 Å². The maximum atomic E-state index is 10.1. The van der Waals surface area contributed by atoms with Crippen LogP contribution in [0.1, 0.15) is 6.42 Å². The van der Waals surface area contributed by atoms with E-state index >= 15 is 0 Å². The number of hydrogen-bond donors (Lipinski definition) is 2. The predicted molar refractivity (Wildman–Crippen MR) is 41.6 cm³/mol. The molecule has 11 heavy (non-hydrogen) atoms. The number of rotatable bonds is 3. The van der Waals surface area contributed by atoms with Crippen molar-refractivity contribution in [1.29, 1.82) is 0 Å². The van der Waals surface area contributed by atoms with Crippen molar-refractivity contribution >= 4 is 6.09 Å². The third-order valence-electron chi connectivity index (χ3n) is 2.06. The molecule has 0 aromatic rings. The van der Waals surface area contributed by atoms with Gasteiger partial charge >= 0.3 is 6.09 Å². The summed E-state index contributed by atoms with van der Waals surface area (Å²) >= 11 is 0. The van der Waals surface area contributed by atoms with Crippen molar-refractivity contribution in [1.82, 2.24) is 10.2 Å².